The third kappa shape index (κ3) is 3.61. The fraction of sp³-hybridized carbons (Fsp3) is 0.750. The SMILES string of the molecule is Cc1cc(CNCCC2CCNCC2)on1. The van der Waals surface area contributed by atoms with Crippen LogP contribution in [0.5, 0.6) is 0 Å². The lowest BCUT2D eigenvalue weighted by molar-refractivity contribution is 0.337. The summed E-state index contributed by atoms with van der Waals surface area (Å²) < 4.78 is 5.13. The minimum absolute atomic E-state index is 0.797. The van der Waals surface area contributed by atoms with Gasteiger partial charge in [-0.3, -0.25) is 0 Å². The monoisotopic (exact) mass is 223 g/mol. The molecule has 1 fully saturated rings. The molecule has 0 saturated carbocycles. The highest BCUT2D eigenvalue weighted by Crippen LogP contribution is 2.14. The van der Waals surface area contributed by atoms with Crippen LogP contribution < -0.4 is 10.6 Å². The van der Waals surface area contributed by atoms with Gasteiger partial charge in [-0.2, -0.15) is 0 Å². The van der Waals surface area contributed by atoms with Gasteiger partial charge in [0, 0.05) is 6.07 Å². The van der Waals surface area contributed by atoms with Crippen LogP contribution >= 0.6 is 0 Å². The Morgan fingerprint density at radius 2 is 2.31 bits per heavy atom. The average Bonchev–Trinajstić information content (AvgIpc) is 2.72. The van der Waals surface area contributed by atoms with Crippen molar-refractivity contribution in [3.63, 3.8) is 0 Å². The van der Waals surface area contributed by atoms with Crippen LogP contribution in [0.2, 0.25) is 0 Å². The third-order valence-electron chi connectivity index (χ3n) is 3.16. The number of hydrogen-bond acceptors (Lipinski definition) is 4. The van der Waals surface area contributed by atoms with Crippen molar-refractivity contribution in [2.45, 2.75) is 32.7 Å². The van der Waals surface area contributed by atoms with E-state index in [-0.39, 0.29) is 0 Å². The van der Waals surface area contributed by atoms with E-state index in [0.717, 1.165) is 30.5 Å². The fourth-order valence-corrected chi connectivity index (χ4v) is 2.19. The van der Waals surface area contributed by atoms with Crippen molar-refractivity contribution in [3.8, 4) is 0 Å². The van der Waals surface area contributed by atoms with Crippen molar-refractivity contribution in [1.29, 1.82) is 0 Å². The molecule has 1 saturated heterocycles. The second kappa shape index (κ2) is 6.01. The summed E-state index contributed by atoms with van der Waals surface area (Å²) in [4.78, 5) is 0. The summed E-state index contributed by atoms with van der Waals surface area (Å²) in [6.07, 6.45) is 3.92. The normalized spacial score (nSPS) is 17.8. The second-order valence-electron chi connectivity index (χ2n) is 4.59. The molecule has 4 heteroatoms. The van der Waals surface area contributed by atoms with Gasteiger partial charge in [-0.1, -0.05) is 5.16 Å². The number of hydrogen-bond donors (Lipinski definition) is 2. The molecule has 90 valence electrons. The van der Waals surface area contributed by atoms with Gasteiger partial charge in [-0.15, -0.1) is 0 Å². The number of rotatable bonds is 5. The molecular formula is C12H21N3O. The van der Waals surface area contributed by atoms with Crippen molar-refractivity contribution in [2.24, 2.45) is 5.92 Å². The lowest BCUT2D eigenvalue weighted by Crippen LogP contribution is -2.29. The first-order valence-electron chi connectivity index (χ1n) is 6.18. The van der Waals surface area contributed by atoms with Crippen molar-refractivity contribution < 1.29 is 4.52 Å². The molecule has 2 N–H and O–H groups in total. The lowest BCUT2D eigenvalue weighted by atomic mass is 9.95. The Hall–Kier alpha value is -0.870. The molecule has 0 atom stereocenters. The topological polar surface area (TPSA) is 50.1 Å². The zero-order valence-corrected chi connectivity index (χ0v) is 9.96. The van der Waals surface area contributed by atoms with Crippen molar-refractivity contribution in [2.75, 3.05) is 19.6 Å². The Labute approximate surface area is 96.8 Å². The quantitative estimate of drug-likeness (QED) is 0.742. The maximum atomic E-state index is 5.13. The zero-order chi connectivity index (χ0) is 11.2. The predicted molar refractivity (Wildman–Crippen MR) is 63.2 cm³/mol. The van der Waals surface area contributed by atoms with Gasteiger partial charge in [-0.25, -0.2) is 0 Å². The smallest absolute Gasteiger partial charge is 0.150 e. The maximum absolute atomic E-state index is 5.13. The molecule has 2 rings (SSSR count). The lowest BCUT2D eigenvalue weighted by Gasteiger charge is -2.22. The van der Waals surface area contributed by atoms with E-state index >= 15 is 0 Å². The van der Waals surface area contributed by atoms with Gasteiger partial charge in [-0.05, 0) is 51.7 Å². The first-order chi connectivity index (χ1) is 7.84. The number of piperidine rings is 1. The summed E-state index contributed by atoms with van der Waals surface area (Å²) in [5, 5.41) is 10.7. The molecule has 16 heavy (non-hydrogen) atoms. The summed E-state index contributed by atoms with van der Waals surface area (Å²) >= 11 is 0. The van der Waals surface area contributed by atoms with E-state index in [0.29, 0.717) is 0 Å². The van der Waals surface area contributed by atoms with E-state index in [9.17, 15) is 0 Å². The zero-order valence-electron chi connectivity index (χ0n) is 9.96. The Balaban J connectivity index is 1.57. The average molecular weight is 223 g/mol. The maximum Gasteiger partial charge on any atom is 0.150 e. The molecule has 0 spiro atoms. The van der Waals surface area contributed by atoms with Crippen LogP contribution in [0, 0.1) is 12.8 Å². The largest absolute Gasteiger partial charge is 0.360 e. The van der Waals surface area contributed by atoms with E-state index in [4.69, 9.17) is 4.52 Å². The van der Waals surface area contributed by atoms with Gasteiger partial charge < -0.3 is 15.2 Å². The molecule has 1 aromatic rings. The standard InChI is InChI=1S/C12H21N3O/c1-10-8-12(16-15-10)9-14-7-4-11-2-5-13-6-3-11/h8,11,13-14H,2-7,9H2,1H3. The fourth-order valence-electron chi connectivity index (χ4n) is 2.19. The second-order valence-corrected chi connectivity index (χ2v) is 4.59. The molecule has 2 heterocycles. The summed E-state index contributed by atoms with van der Waals surface area (Å²) in [6.45, 7) is 6.19. The first kappa shape index (κ1) is 11.6. The van der Waals surface area contributed by atoms with Gasteiger partial charge in [0.25, 0.3) is 0 Å². The molecule has 0 aromatic carbocycles. The van der Waals surface area contributed by atoms with E-state index in [1.54, 1.807) is 0 Å². The highest BCUT2D eigenvalue weighted by molar-refractivity contribution is 5.02. The summed E-state index contributed by atoms with van der Waals surface area (Å²) in [5.74, 6) is 1.83. The van der Waals surface area contributed by atoms with Crippen LogP contribution in [0.1, 0.15) is 30.7 Å². The molecule has 1 aliphatic rings. The Morgan fingerprint density at radius 1 is 1.50 bits per heavy atom. The van der Waals surface area contributed by atoms with Crippen LogP contribution in [0.15, 0.2) is 10.6 Å². The predicted octanol–water partition coefficient (Wildman–Crippen LogP) is 1.46. The molecular weight excluding hydrogens is 202 g/mol. The van der Waals surface area contributed by atoms with Gasteiger partial charge in [0.1, 0.15) is 0 Å². The molecule has 0 amide bonds. The summed E-state index contributed by atoms with van der Waals surface area (Å²) in [7, 11) is 0. The molecule has 0 bridgehead atoms. The van der Waals surface area contributed by atoms with Crippen LogP contribution in [0.4, 0.5) is 0 Å². The van der Waals surface area contributed by atoms with Crippen LogP contribution in [-0.4, -0.2) is 24.8 Å². The first-order valence-corrected chi connectivity index (χ1v) is 6.18. The molecule has 0 radical (unpaired) electrons. The summed E-state index contributed by atoms with van der Waals surface area (Å²) in [6, 6.07) is 1.98. The van der Waals surface area contributed by atoms with Crippen molar-refractivity contribution in [1.82, 2.24) is 15.8 Å². The van der Waals surface area contributed by atoms with Gasteiger partial charge in [0.05, 0.1) is 12.2 Å². The van der Waals surface area contributed by atoms with Gasteiger partial charge >= 0.3 is 0 Å². The van der Waals surface area contributed by atoms with Crippen LogP contribution in [0.25, 0.3) is 0 Å². The third-order valence-corrected chi connectivity index (χ3v) is 3.16. The Morgan fingerprint density at radius 3 is 3.00 bits per heavy atom. The van der Waals surface area contributed by atoms with E-state index in [2.05, 4.69) is 15.8 Å². The Bertz CT molecular complexity index is 305. The number of nitrogens with one attached hydrogen (secondary N) is 2. The van der Waals surface area contributed by atoms with Crippen molar-refractivity contribution >= 4 is 0 Å². The number of aromatic nitrogens is 1. The molecule has 1 aliphatic heterocycles. The van der Waals surface area contributed by atoms with E-state index < -0.39 is 0 Å². The van der Waals surface area contributed by atoms with Crippen LogP contribution in [0.3, 0.4) is 0 Å². The molecule has 1 aromatic heterocycles. The highest BCUT2D eigenvalue weighted by atomic mass is 16.5. The summed E-state index contributed by atoms with van der Waals surface area (Å²) in [5.41, 5.74) is 0.954. The molecule has 4 nitrogen and oxygen atoms in total. The molecule has 0 aliphatic carbocycles. The minimum Gasteiger partial charge on any atom is -0.360 e. The van der Waals surface area contributed by atoms with Gasteiger partial charge in [0.2, 0.25) is 0 Å². The van der Waals surface area contributed by atoms with Crippen LogP contribution in [-0.2, 0) is 6.54 Å². The van der Waals surface area contributed by atoms with E-state index in [1.165, 1.54) is 32.4 Å². The minimum atomic E-state index is 0.797. The molecule has 0 unspecified atom stereocenters. The Kier molecular flexibility index (Phi) is 4.36. The van der Waals surface area contributed by atoms with E-state index in [1.807, 2.05) is 13.0 Å². The number of nitrogens with zero attached hydrogens (tertiary/aromatic N) is 1. The number of aryl methyl sites for hydroxylation is 1. The van der Waals surface area contributed by atoms with Crippen molar-refractivity contribution in [3.05, 3.63) is 17.5 Å². The van der Waals surface area contributed by atoms with Gasteiger partial charge in [0.15, 0.2) is 5.76 Å². The highest BCUT2D eigenvalue weighted by Gasteiger charge is 2.12.